The number of carbonyl (C=O) groups excluding carboxylic acids is 2. The number of benzene rings is 1. The average Bonchev–Trinajstić information content (AvgIpc) is 3.10. The minimum Gasteiger partial charge on any atom is -0.455 e. The molecule has 0 saturated carbocycles. The standard InChI is InChI=1S/C20H23N5O3S/c1-11-7-6-8-16(12(11)2)22-17(26)10-28-18(27)9-15-13(3)21-19-23-20(29-5)24-25(19)14(15)4/h6-8H,9-10H2,1-5H3,(H,22,26). The minimum absolute atomic E-state index is 0.00577. The predicted molar refractivity (Wildman–Crippen MR) is 111 cm³/mol. The fourth-order valence-corrected chi connectivity index (χ4v) is 3.28. The molecule has 0 spiro atoms. The molecule has 0 fully saturated rings. The summed E-state index contributed by atoms with van der Waals surface area (Å²) in [5.41, 5.74) is 4.95. The van der Waals surface area contributed by atoms with Crippen molar-refractivity contribution in [2.24, 2.45) is 0 Å². The van der Waals surface area contributed by atoms with Crippen LogP contribution in [0.25, 0.3) is 5.78 Å². The quantitative estimate of drug-likeness (QED) is 0.490. The van der Waals surface area contributed by atoms with Crippen LogP contribution in [0.1, 0.15) is 28.1 Å². The molecule has 2 aromatic heterocycles. The molecule has 29 heavy (non-hydrogen) atoms. The monoisotopic (exact) mass is 413 g/mol. The molecule has 1 N–H and O–H groups in total. The first-order valence-electron chi connectivity index (χ1n) is 9.08. The van der Waals surface area contributed by atoms with Crippen LogP contribution in [-0.2, 0) is 20.7 Å². The summed E-state index contributed by atoms with van der Waals surface area (Å²) in [6.45, 7) is 7.22. The van der Waals surface area contributed by atoms with Gasteiger partial charge in [-0.25, -0.2) is 9.50 Å². The number of carbonyl (C=O) groups is 2. The maximum absolute atomic E-state index is 12.3. The Morgan fingerprint density at radius 2 is 1.93 bits per heavy atom. The van der Waals surface area contributed by atoms with Crippen molar-refractivity contribution in [2.75, 3.05) is 18.2 Å². The van der Waals surface area contributed by atoms with E-state index in [2.05, 4.69) is 20.4 Å². The highest BCUT2D eigenvalue weighted by atomic mass is 32.2. The van der Waals surface area contributed by atoms with Gasteiger partial charge in [0.1, 0.15) is 0 Å². The molecule has 0 atom stereocenters. The highest BCUT2D eigenvalue weighted by molar-refractivity contribution is 7.98. The van der Waals surface area contributed by atoms with Gasteiger partial charge in [0, 0.05) is 22.6 Å². The van der Waals surface area contributed by atoms with Crippen LogP contribution in [0, 0.1) is 27.7 Å². The summed E-state index contributed by atoms with van der Waals surface area (Å²) in [5.74, 6) is -0.386. The Balaban J connectivity index is 1.65. The Morgan fingerprint density at radius 1 is 1.17 bits per heavy atom. The molecule has 0 aliphatic rings. The molecule has 2 heterocycles. The van der Waals surface area contributed by atoms with E-state index in [1.165, 1.54) is 11.8 Å². The van der Waals surface area contributed by atoms with Crippen molar-refractivity contribution < 1.29 is 14.3 Å². The van der Waals surface area contributed by atoms with Crippen LogP contribution in [0.2, 0.25) is 0 Å². The number of nitrogens with zero attached hydrogens (tertiary/aromatic N) is 4. The van der Waals surface area contributed by atoms with E-state index in [1.54, 1.807) is 4.52 Å². The molecule has 152 valence electrons. The summed E-state index contributed by atoms with van der Waals surface area (Å²) in [6.07, 6.45) is 1.89. The van der Waals surface area contributed by atoms with Crippen molar-refractivity contribution in [3.05, 3.63) is 46.3 Å². The van der Waals surface area contributed by atoms with Gasteiger partial charge in [0.15, 0.2) is 6.61 Å². The number of aromatic nitrogens is 4. The summed E-state index contributed by atoms with van der Waals surface area (Å²) in [6, 6.07) is 5.65. The largest absolute Gasteiger partial charge is 0.455 e. The van der Waals surface area contributed by atoms with Crippen molar-refractivity contribution in [3.8, 4) is 0 Å². The highest BCUT2D eigenvalue weighted by Gasteiger charge is 2.17. The molecule has 8 nitrogen and oxygen atoms in total. The summed E-state index contributed by atoms with van der Waals surface area (Å²) in [5, 5.41) is 7.75. The van der Waals surface area contributed by atoms with E-state index in [1.807, 2.05) is 52.1 Å². The smallest absolute Gasteiger partial charge is 0.310 e. The molecule has 0 aliphatic carbocycles. The molecule has 0 aliphatic heterocycles. The van der Waals surface area contributed by atoms with Crippen LogP contribution in [0.3, 0.4) is 0 Å². The van der Waals surface area contributed by atoms with Gasteiger partial charge in [-0.3, -0.25) is 9.59 Å². The van der Waals surface area contributed by atoms with Gasteiger partial charge in [0.05, 0.1) is 6.42 Å². The fourth-order valence-electron chi connectivity index (χ4n) is 2.95. The minimum atomic E-state index is -0.501. The first-order valence-corrected chi connectivity index (χ1v) is 10.3. The van der Waals surface area contributed by atoms with Gasteiger partial charge in [-0.2, -0.15) is 4.98 Å². The zero-order chi connectivity index (χ0) is 21.1. The van der Waals surface area contributed by atoms with Crippen LogP contribution in [-0.4, -0.2) is 44.3 Å². The number of ether oxygens (including phenoxy) is 1. The first kappa shape index (κ1) is 20.8. The number of hydrogen-bond acceptors (Lipinski definition) is 7. The van der Waals surface area contributed by atoms with Crippen LogP contribution in [0.5, 0.6) is 0 Å². The molecule has 0 unspecified atom stereocenters. The molecule has 9 heteroatoms. The second kappa shape index (κ2) is 8.60. The molecule has 3 rings (SSSR count). The first-order chi connectivity index (χ1) is 13.8. The lowest BCUT2D eigenvalue weighted by Crippen LogP contribution is -2.22. The molecule has 0 bridgehead atoms. The number of aryl methyl sites for hydroxylation is 3. The number of anilines is 1. The Hall–Kier alpha value is -2.94. The van der Waals surface area contributed by atoms with Gasteiger partial charge < -0.3 is 10.1 Å². The summed E-state index contributed by atoms with van der Waals surface area (Å²) >= 11 is 1.42. The van der Waals surface area contributed by atoms with Gasteiger partial charge in [-0.1, -0.05) is 23.9 Å². The molecule has 3 aromatic rings. The number of amides is 1. The zero-order valence-corrected chi connectivity index (χ0v) is 17.9. The third kappa shape index (κ3) is 4.56. The number of hydrogen-bond donors (Lipinski definition) is 1. The van der Waals surface area contributed by atoms with Crippen LogP contribution in [0.15, 0.2) is 23.4 Å². The van der Waals surface area contributed by atoms with E-state index < -0.39 is 5.97 Å². The lowest BCUT2D eigenvalue weighted by molar-refractivity contribution is -0.146. The highest BCUT2D eigenvalue weighted by Crippen LogP contribution is 2.19. The van der Waals surface area contributed by atoms with Crippen molar-refractivity contribution in [1.29, 1.82) is 0 Å². The Morgan fingerprint density at radius 3 is 2.66 bits per heavy atom. The van der Waals surface area contributed by atoms with Crippen LogP contribution >= 0.6 is 11.8 Å². The summed E-state index contributed by atoms with van der Waals surface area (Å²) in [4.78, 5) is 33.2. The SMILES string of the molecule is CSc1nc2nc(C)c(CC(=O)OCC(=O)Nc3cccc(C)c3C)c(C)n2n1. The number of esters is 1. The third-order valence-electron chi connectivity index (χ3n) is 4.78. The van der Waals surface area contributed by atoms with Crippen molar-refractivity contribution in [1.82, 2.24) is 19.6 Å². The van der Waals surface area contributed by atoms with E-state index in [0.717, 1.165) is 22.4 Å². The van der Waals surface area contributed by atoms with E-state index in [4.69, 9.17) is 4.74 Å². The van der Waals surface area contributed by atoms with Crippen LogP contribution in [0.4, 0.5) is 5.69 Å². The molecule has 0 saturated heterocycles. The third-order valence-corrected chi connectivity index (χ3v) is 5.31. The number of rotatable bonds is 6. The summed E-state index contributed by atoms with van der Waals surface area (Å²) in [7, 11) is 0. The lowest BCUT2D eigenvalue weighted by Gasteiger charge is -2.12. The molecule has 0 radical (unpaired) electrons. The van der Waals surface area contributed by atoms with Gasteiger partial charge in [0.25, 0.3) is 11.7 Å². The van der Waals surface area contributed by atoms with E-state index in [-0.39, 0.29) is 18.9 Å². The van der Waals surface area contributed by atoms with E-state index >= 15 is 0 Å². The Bertz CT molecular complexity index is 1090. The zero-order valence-electron chi connectivity index (χ0n) is 17.1. The van der Waals surface area contributed by atoms with Crippen molar-refractivity contribution in [3.63, 3.8) is 0 Å². The maximum atomic E-state index is 12.3. The van der Waals surface area contributed by atoms with E-state index in [9.17, 15) is 9.59 Å². The van der Waals surface area contributed by atoms with Gasteiger partial charge in [0.2, 0.25) is 5.16 Å². The van der Waals surface area contributed by atoms with Gasteiger partial charge in [-0.15, -0.1) is 5.10 Å². The second-order valence-corrected chi connectivity index (χ2v) is 7.48. The second-order valence-electron chi connectivity index (χ2n) is 6.70. The molecule has 1 aromatic carbocycles. The Labute approximate surface area is 173 Å². The van der Waals surface area contributed by atoms with Gasteiger partial charge in [-0.05, 0) is 51.1 Å². The maximum Gasteiger partial charge on any atom is 0.310 e. The van der Waals surface area contributed by atoms with Crippen molar-refractivity contribution >= 4 is 35.1 Å². The number of thioether (sulfide) groups is 1. The fraction of sp³-hybridized carbons (Fsp3) is 0.350. The van der Waals surface area contributed by atoms with E-state index in [0.29, 0.717) is 22.3 Å². The number of fused-ring (bicyclic) bond motifs is 1. The molecular weight excluding hydrogens is 390 g/mol. The molecular formula is C20H23N5O3S. The average molecular weight is 414 g/mol. The topological polar surface area (TPSA) is 98.5 Å². The normalized spacial score (nSPS) is 10.9. The summed E-state index contributed by atoms with van der Waals surface area (Å²) < 4.78 is 6.79. The van der Waals surface area contributed by atoms with Gasteiger partial charge >= 0.3 is 5.97 Å². The Kier molecular flexibility index (Phi) is 6.17. The van der Waals surface area contributed by atoms with Crippen LogP contribution < -0.4 is 5.32 Å². The number of nitrogens with one attached hydrogen (secondary N) is 1. The molecule has 1 amide bonds. The predicted octanol–water partition coefficient (Wildman–Crippen LogP) is 2.80. The lowest BCUT2D eigenvalue weighted by atomic mass is 10.1. The van der Waals surface area contributed by atoms with Crippen molar-refractivity contribution in [2.45, 2.75) is 39.3 Å².